The van der Waals surface area contributed by atoms with Gasteiger partial charge in [-0.1, -0.05) is 12.1 Å². The van der Waals surface area contributed by atoms with Crippen LogP contribution in [0.3, 0.4) is 0 Å². The van der Waals surface area contributed by atoms with Crippen LogP contribution in [0.2, 0.25) is 0 Å². The van der Waals surface area contributed by atoms with Crippen molar-refractivity contribution in [3.05, 3.63) is 76.4 Å². The number of carbonyl (C=O) groups is 1. The van der Waals surface area contributed by atoms with Crippen LogP contribution in [-0.4, -0.2) is 46.1 Å². The predicted molar refractivity (Wildman–Crippen MR) is 156 cm³/mol. The minimum Gasteiger partial charge on any atom is -0.320 e. The second-order valence-electron chi connectivity index (χ2n) is 12.6. The lowest BCUT2D eigenvalue weighted by Gasteiger charge is -2.39. The number of nitrogens with zero attached hydrogens (tertiary/aromatic N) is 4. The van der Waals surface area contributed by atoms with Crippen LogP contribution < -0.4 is 10.2 Å². The quantitative estimate of drug-likeness (QED) is 0.366. The molecule has 1 unspecified atom stereocenters. The molecule has 43 heavy (non-hydrogen) atoms. The molecule has 6 rings (SSSR count). The molecule has 1 amide bonds. The molecule has 1 aromatic heterocycles. The number of nitrogens with one attached hydrogen (secondary N) is 1. The zero-order valence-electron chi connectivity index (χ0n) is 24.3. The Labute approximate surface area is 249 Å². The summed E-state index contributed by atoms with van der Waals surface area (Å²) in [4.78, 5) is 15.1. The maximum Gasteiger partial charge on any atom is 0.416 e. The number of amides is 1. The highest BCUT2D eigenvalue weighted by molar-refractivity contribution is 7.91. The van der Waals surface area contributed by atoms with E-state index in [1.807, 2.05) is 23.7 Å². The standard InChI is InChI=1S/C31H36F3N5O3S/c1-30(9-4-10-30)35-17-21-14-25-26(27(15-21)31(32,33)34)18-39(29(25)40)23-6-3-5-22(16-23)24(28-37-36-19-38(28)2)13-20-7-11-43(41,42)12-8-20/h3,5-6,14-16,19-20,24,35H,4,7-13,17-18H2,1-2H3. The van der Waals surface area contributed by atoms with E-state index in [0.29, 0.717) is 36.3 Å². The van der Waals surface area contributed by atoms with Gasteiger partial charge in [-0.2, -0.15) is 13.2 Å². The summed E-state index contributed by atoms with van der Waals surface area (Å²) in [5.41, 5.74) is 1.03. The molecule has 2 fully saturated rings. The second-order valence-corrected chi connectivity index (χ2v) is 14.9. The van der Waals surface area contributed by atoms with E-state index in [4.69, 9.17) is 0 Å². The maximum atomic E-state index is 14.3. The topological polar surface area (TPSA) is 97.2 Å². The molecule has 3 heterocycles. The van der Waals surface area contributed by atoms with Crippen molar-refractivity contribution in [2.75, 3.05) is 16.4 Å². The summed E-state index contributed by atoms with van der Waals surface area (Å²) in [5, 5.41) is 11.8. The molecule has 0 spiro atoms. The SMILES string of the molecule is Cn1cnnc1C(CC1CCS(=O)(=O)CC1)c1cccc(N2Cc3c(cc(CNC4(C)CCC4)cc3C(F)(F)F)C2=O)c1. The van der Waals surface area contributed by atoms with Gasteiger partial charge in [0.1, 0.15) is 22.0 Å². The van der Waals surface area contributed by atoms with E-state index >= 15 is 0 Å². The maximum absolute atomic E-state index is 14.3. The monoisotopic (exact) mass is 615 g/mol. The van der Waals surface area contributed by atoms with Crippen LogP contribution in [0.15, 0.2) is 42.7 Å². The summed E-state index contributed by atoms with van der Waals surface area (Å²) in [6.07, 6.45) is 1.82. The van der Waals surface area contributed by atoms with Crippen molar-refractivity contribution in [3.63, 3.8) is 0 Å². The molecule has 1 saturated carbocycles. The summed E-state index contributed by atoms with van der Waals surface area (Å²) in [5.74, 6) is 0.495. The Hall–Kier alpha value is -3.25. The molecule has 2 aliphatic heterocycles. The number of fused-ring (bicyclic) bond motifs is 1. The Kier molecular flexibility index (Phi) is 7.65. The molecule has 8 nitrogen and oxygen atoms in total. The van der Waals surface area contributed by atoms with Gasteiger partial charge in [0.25, 0.3) is 5.91 Å². The van der Waals surface area contributed by atoms with Gasteiger partial charge in [0.15, 0.2) is 0 Å². The fourth-order valence-corrected chi connectivity index (χ4v) is 8.24. The minimum atomic E-state index is -4.59. The van der Waals surface area contributed by atoms with Gasteiger partial charge < -0.3 is 14.8 Å². The second kappa shape index (κ2) is 11.0. The Bertz CT molecular complexity index is 1630. The van der Waals surface area contributed by atoms with E-state index in [2.05, 4.69) is 22.4 Å². The van der Waals surface area contributed by atoms with Gasteiger partial charge >= 0.3 is 6.18 Å². The molecular formula is C31H36F3N5O3S. The molecular weight excluding hydrogens is 579 g/mol. The van der Waals surface area contributed by atoms with E-state index in [1.165, 1.54) is 11.0 Å². The van der Waals surface area contributed by atoms with Crippen LogP contribution in [0.1, 0.15) is 89.8 Å². The number of alkyl halides is 3. The van der Waals surface area contributed by atoms with Crippen molar-refractivity contribution in [3.8, 4) is 0 Å². The average Bonchev–Trinajstić information content (AvgIpc) is 3.52. The highest BCUT2D eigenvalue weighted by Crippen LogP contribution is 2.41. The van der Waals surface area contributed by atoms with Gasteiger partial charge in [-0.3, -0.25) is 4.79 Å². The molecule has 1 saturated heterocycles. The number of aryl methyl sites for hydroxylation is 1. The third-order valence-electron chi connectivity index (χ3n) is 9.47. The number of rotatable bonds is 8. The van der Waals surface area contributed by atoms with Gasteiger partial charge in [0.05, 0.1) is 23.6 Å². The van der Waals surface area contributed by atoms with E-state index < -0.39 is 27.5 Å². The van der Waals surface area contributed by atoms with Gasteiger partial charge in [-0.25, -0.2) is 8.42 Å². The summed E-state index contributed by atoms with van der Waals surface area (Å²) < 4.78 is 68.6. The molecule has 1 N–H and O–H groups in total. The smallest absolute Gasteiger partial charge is 0.320 e. The number of hydrogen-bond acceptors (Lipinski definition) is 6. The van der Waals surface area contributed by atoms with Gasteiger partial charge in [-0.15, -0.1) is 10.2 Å². The van der Waals surface area contributed by atoms with Gasteiger partial charge in [-0.05, 0) is 92.3 Å². The van der Waals surface area contributed by atoms with Crippen molar-refractivity contribution < 1.29 is 26.4 Å². The Morgan fingerprint density at radius 2 is 1.88 bits per heavy atom. The summed E-state index contributed by atoms with van der Waals surface area (Å²) in [6, 6.07) is 10.1. The zero-order chi connectivity index (χ0) is 30.6. The number of sulfone groups is 1. The van der Waals surface area contributed by atoms with Crippen LogP contribution in [-0.2, 0) is 36.2 Å². The highest BCUT2D eigenvalue weighted by Gasteiger charge is 2.41. The van der Waals surface area contributed by atoms with Crippen LogP contribution in [0.25, 0.3) is 0 Å². The summed E-state index contributed by atoms with van der Waals surface area (Å²) >= 11 is 0. The summed E-state index contributed by atoms with van der Waals surface area (Å²) in [6.45, 7) is 2.16. The lowest BCUT2D eigenvalue weighted by atomic mass is 9.78. The van der Waals surface area contributed by atoms with Crippen molar-refractivity contribution in [2.45, 2.75) is 76.2 Å². The third kappa shape index (κ3) is 6.08. The van der Waals surface area contributed by atoms with E-state index in [1.54, 1.807) is 24.5 Å². The first kappa shape index (κ1) is 29.8. The Balaban J connectivity index is 1.30. The van der Waals surface area contributed by atoms with Gasteiger partial charge in [0.2, 0.25) is 0 Å². The fourth-order valence-electron chi connectivity index (χ4n) is 6.65. The van der Waals surface area contributed by atoms with E-state index in [-0.39, 0.29) is 53.1 Å². The first-order valence-corrected chi connectivity index (χ1v) is 16.6. The molecule has 0 bridgehead atoms. The first-order chi connectivity index (χ1) is 20.3. The molecule has 3 aliphatic rings. The van der Waals surface area contributed by atoms with E-state index in [0.717, 1.165) is 24.8 Å². The number of halogens is 3. The van der Waals surface area contributed by atoms with Crippen molar-refractivity contribution in [1.82, 2.24) is 20.1 Å². The molecule has 12 heteroatoms. The van der Waals surface area contributed by atoms with Crippen molar-refractivity contribution in [2.24, 2.45) is 13.0 Å². The Morgan fingerprint density at radius 3 is 2.51 bits per heavy atom. The molecule has 1 atom stereocenters. The largest absolute Gasteiger partial charge is 0.416 e. The fraction of sp³-hybridized carbons (Fsp3) is 0.516. The van der Waals surface area contributed by atoms with E-state index in [9.17, 15) is 26.4 Å². The third-order valence-corrected chi connectivity index (χ3v) is 11.2. The lowest BCUT2D eigenvalue weighted by Crippen LogP contribution is -2.47. The highest BCUT2D eigenvalue weighted by atomic mass is 32.2. The number of benzene rings is 2. The number of carbonyl (C=O) groups excluding carboxylic acids is 1. The molecule has 1 aliphatic carbocycles. The average molecular weight is 616 g/mol. The van der Waals surface area contributed by atoms with Crippen molar-refractivity contribution in [1.29, 1.82) is 0 Å². The van der Waals surface area contributed by atoms with Gasteiger partial charge in [0, 0.05) is 36.3 Å². The summed E-state index contributed by atoms with van der Waals surface area (Å²) in [7, 11) is -1.17. The normalized spacial score (nSPS) is 20.6. The molecule has 0 radical (unpaired) electrons. The Morgan fingerprint density at radius 1 is 1.14 bits per heavy atom. The van der Waals surface area contributed by atoms with Crippen LogP contribution in [0.5, 0.6) is 0 Å². The first-order valence-electron chi connectivity index (χ1n) is 14.8. The molecule has 2 aromatic carbocycles. The number of hydrogen-bond donors (Lipinski definition) is 1. The number of anilines is 1. The van der Waals surface area contributed by atoms with Crippen molar-refractivity contribution >= 4 is 21.4 Å². The molecule has 230 valence electrons. The lowest BCUT2D eigenvalue weighted by molar-refractivity contribution is -0.138. The number of aromatic nitrogens is 3. The predicted octanol–water partition coefficient (Wildman–Crippen LogP) is 5.37. The molecule has 3 aromatic rings. The van der Waals surface area contributed by atoms with Crippen LogP contribution >= 0.6 is 0 Å². The zero-order valence-corrected chi connectivity index (χ0v) is 25.1. The van der Waals surface area contributed by atoms with Crippen LogP contribution in [0.4, 0.5) is 18.9 Å². The van der Waals surface area contributed by atoms with Crippen LogP contribution in [0, 0.1) is 5.92 Å². The minimum absolute atomic E-state index is 0.00484.